The van der Waals surface area contributed by atoms with Crippen LogP contribution in [0.15, 0.2) is 29.2 Å². The van der Waals surface area contributed by atoms with Gasteiger partial charge in [0.1, 0.15) is 5.75 Å². The van der Waals surface area contributed by atoms with Crippen LogP contribution in [0.1, 0.15) is 93.4 Å². The first-order valence-corrected chi connectivity index (χ1v) is 29.0. The van der Waals surface area contributed by atoms with E-state index in [0.29, 0.717) is 31.5 Å². The second-order valence-corrected chi connectivity index (χ2v) is 23.5. The summed E-state index contributed by atoms with van der Waals surface area (Å²) in [5, 5.41) is 2.39. The molecular formula is C53H87N5O14S2. The number of methoxy groups -OCH3 is 2. The third-order valence-electron chi connectivity index (χ3n) is 14.4. The third-order valence-corrected chi connectivity index (χ3v) is 17.0. The topological polar surface area (TPSA) is 225 Å². The molecule has 0 saturated carbocycles. The summed E-state index contributed by atoms with van der Waals surface area (Å²) in [5.74, 6) is -4.06. The number of imide groups is 1. The molecule has 2 saturated heterocycles. The van der Waals surface area contributed by atoms with E-state index in [1.54, 1.807) is 30.0 Å². The molecule has 2 aliphatic heterocycles. The number of carbonyl (C=O) groups excluding carboxylic acids is 7. The zero-order chi connectivity index (χ0) is 55.4. The number of ether oxygens (including phenoxy) is 5. The van der Waals surface area contributed by atoms with E-state index in [4.69, 9.17) is 23.7 Å². The number of nitrogens with zero attached hydrogens (tertiary/aromatic N) is 4. The van der Waals surface area contributed by atoms with Crippen molar-refractivity contribution in [3.8, 4) is 0 Å². The Morgan fingerprint density at radius 2 is 1.43 bits per heavy atom. The van der Waals surface area contributed by atoms with Gasteiger partial charge < -0.3 is 38.8 Å². The maximum absolute atomic E-state index is 14.4. The predicted molar refractivity (Wildman–Crippen MR) is 284 cm³/mol. The number of likely N-dealkylation sites (tertiary alicyclic amines) is 2. The van der Waals surface area contributed by atoms with Gasteiger partial charge in [-0.3, -0.25) is 43.4 Å². The summed E-state index contributed by atoms with van der Waals surface area (Å²) >= 11 is 1.37. The molecule has 0 aromatic heterocycles. The van der Waals surface area contributed by atoms with Crippen molar-refractivity contribution >= 4 is 68.4 Å². The molecule has 0 bridgehead atoms. The number of hydrogen-bond donors (Lipinski definition) is 1. The lowest BCUT2D eigenvalue weighted by Gasteiger charge is -2.41. The molecule has 2 fully saturated rings. The number of benzene rings is 1. The van der Waals surface area contributed by atoms with Gasteiger partial charge in [-0.05, 0) is 75.2 Å². The second kappa shape index (κ2) is 31.4. The smallest absolute Gasteiger partial charge is 0.242 e. The molecule has 1 aromatic carbocycles. The Hall–Kier alpha value is -3.83. The van der Waals surface area contributed by atoms with Gasteiger partial charge in [-0.1, -0.05) is 54.9 Å². The Labute approximate surface area is 445 Å². The van der Waals surface area contributed by atoms with Crippen LogP contribution >= 0.6 is 11.8 Å². The lowest BCUT2D eigenvalue weighted by atomic mass is 9.83. The largest absolute Gasteiger partial charge is 0.379 e. The van der Waals surface area contributed by atoms with Crippen LogP contribution in [0.2, 0.25) is 0 Å². The molecule has 9 atom stereocenters. The first-order valence-electron chi connectivity index (χ1n) is 26.0. The van der Waals surface area contributed by atoms with Crippen molar-refractivity contribution in [2.45, 2.75) is 134 Å². The lowest BCUT2D eigenvalue weighted by Crippen LogP contribution is -2.54. The first kappa shape index (κ1) is 64.5. The highest BCUT2D eigenvalue weighted by Crippen LogP contribution is 2.32. The molecule has 1 unspecified atom stereocenters. The standard InChI is InChI=1S/C53H87N5O14S2/c1-14-36(6)50(56(10)52(64)40(34(2)3)30-42(59)49(35(4)5)55(8)9)44(68-11)31-47(62)57-22-15-16-41(57)51(69-12)37(7)43(60)33-74(66,67)39-19-17-38(18-20-39)54-46(61)21-24-70-26-28-72-29-27-71-25-23-58-48(63)32-45(73-13)53(58)65/h17-20,34-37,40-41,44-45,49-51H,14-16,21-33H2,1-13H3,(H,54,61)/t36-,37-,40-,41-,44+,45?,49-,50-,51+/m0/s1. The number of carbonyl (C=O) groups is 7. The van der Waals surface area contributed by atoms with Crippen molar-refractivity contribution in [2.24, 2.45) is 29.6 Å². The van der Waals surface area contributed by atoms with Crippen LogP contribution in [-0.2, 0) is 67.1 Å². The summed E-state index contributed by atoms with van der Waals surface area (Å²) in [7, 11) is 4.34. The normalized spacial score (nSPS) is 19.2. The monoisotopic (exact) mass is 1080 g/mol. The number of nitrogens with one attached hydrogen (secondary N) is 1. The van der Waals surface area contributed by atoms with Crippen LogP contribution in [0.3, 0.4) is 0 Å². The summed E-state index contributed by atoms with van der Waals surface area (Å²) in [4.78, 5) is 99.2. The molecule has 0 radical (unpaired) electrons. The van der Waals surface area contributed by atoms with E-state index in [9.17, 15) is 42.0 Å². The van der Waals surface area contributed by atoms with Crippen LogP contribution in [0.25, 0.3) is 0 Å². The van der Waals surface area contributed by atoms with E-state index in [1.165, 1.54) is 55.1 Å². The molecule has 19 nitrogen and oxygen atoms in total. The molecule has 74 heavy (non-hydrogen) atoms. The Bertz CT molecular complexity index is 2100. The number of thioether (sulfide) groups is 1. The van der Waals surface area contributed by atoms with E-state index < -0.39 is 57.5 Å². The number of ketones is 2. The SMILES string of the molecule is CC[C@H](C)[C@@H]([C@@H](CC(=O)N1CCC[C@H]1[C@H](OC)[C@@H](C)C(=O)CS(=O)(=O)c1ccc(NC(=O)CCOCCOCCOCCN2C(=O)CC(SC)C2=O)cc1)OC)N(C)C(=O)[C@@H](CC(=O)[C@H](C(C)C)N(C)C)C(C)C. The van der Waals surface area contributed by atoms with E-state index in [0.717, 1.165) is 0 Å². The van der Waals surface area contributed by atoms with E-state index in [-0.39, 0.29) is 141 Å². The van der Waals surface area contributed by atoms with Crippen molar-refractivity contribution in [3.05, 3.63) is 24.3 Å². The van der Waals surface area contributed by atoms with Crippen LogP contribution < -0.4 is 5.32 Å². The summed E-state index contributed by atoms with van der Waals surface area (Å²) < 4.78 is 55.5. The molecule has 2 aliphatic rings. The molecule has 21 heteroatoms. The molecule has 2 heterocycles. The van der Waals surface area contributed by atoms with Crippen molar-refractivity contribution in [3.63, 3.8) is 0 Å². The minimum Gasteiger partial charge on any atom is -0.379 e. The lowest BCUT2D eigenvalue weighted by molar-refractivity contribution is -0.149. The number of anilines is 1. The predicted octanol–water partition coefficient (Wildman–Crippen LogP) is 4.64. The number of amides is 5. The highest BCUT2D eigenvalue weighted by Gasteiger charge is 2.44. The Balaban J connectivity index is 1.52. The number of Topliss-reactive ketones (excluding diaryl/α,β-unsaturated/α-hetero) is 2. The first-order chi connectivity index (χ1) is 34.9. The second-order valence-electron chi connectivity index (χ2n) is 20.5. The maximum Gasteiger partial charge on any atom is 0.242 e. The molecule has 420 valence electrons. The fourth-order valence-corrected chi connectivity index (χ4v) is 12.1. The minimum atomic E-state index is -4.11. The van der Waals surface area contributed by atoms with Gasteiger partial charge in [-0.15, -0.1) is 0 Å². The summed E-state index contributed by atoms with van der Waals surface area (Å²) in [6.07, 6.45) is 2.49. The van der Waals surface area contributed by atoms with Crippen LogP contribution in [0.4, 0.5) is 5.69 Å². The minimum absolute atomic E-state index is 0.00938. The third kappa shape index (κ3) is 18.4. The van der Waals surface area contributed by atoms with E-state index >= 15 is 0 Å². The molecule has 1 N–H and O–H groups in total. The highest BCUT2D eigenvalue weighted by atomic mass is 32.2. The number of rotatable bonds is 35. The number of sulfone groups is 1. The molecule has 3 rings (SSSR count). The van der Waals surface area contributed by atoms with Gasteiger partial charge in [0.15, 0.2) is 21.4 Å². The number of likely N-dealkylation sites (N-methyl/N-ethyl adjacent to an activating group) is 2. The average Bonchev–Trinajstić information content (AvgIpc) is 3.94. The van der Waals surface area contributed by atoms with Gasteiger partial charge in [0.25, 0.3) is 0 Å². The molecule has 0 spiro atoms. The Morgan fingerprint density at radius 1 is 0.824 bits per heavy atom. The van der Waals surface area contributed by atoms with Crippen molar-refractivity contribution in [1.29, 1.82) is 0 Å². The van der Waals surface area contributed by atoms with Gasteiger partial charge in [0, 0.05) is 58.2 Å². The summed E-state index contributed by atoms with van der Waals surface area (Å²) in [6.45, 7) is 15.6. The maximum atomic E-state index is 14.4. The fraction of sp³-hybridized carbons (Fsp3) is 0.755. The molecule has 5 amide bonds. The van der Waals surface area contributed by atoms with E-state index in [1.807, 2.05) is 60.5 Å². The average molecular weight is 1080 g/mol. The van der Waals surface area contributed by atoms with Gasteiger partial charge >= 0.3 is 0 Å². The van der Waals surface area contributed by atoms with Gasteiger partial charge in [-0.2, -0.15) is 11.8 Å². The van der Waals surface area contributed by atoms with Crippen molar-refractivity contribution in [2.75, 3.05) is 105 Å². The van der Waals surface area contributed by atoms with Gasteiger partial charge in [0.2, 0.25) is 29.5 Å². The zero-order valence-corrected chi connectivity index (χ0v) is 47.9. The molecular weight excluding hydrogens is 995 g/mol. The van der Waals surface area contributed by atoms with Crippen LogP contribution in [0, 0.1) is 29.6 Å². The van der Waals surface area contributed by atoms with Gasteiger partial charge in [0.05, 0.1) is 99.5 Å². The van der Waals surface area contributed by atoms with Crippen LogP contribution in [0.5, 0.6) is 0 Å². The zero-order valence-electron chi connectivity index (χ0n) is 46.3. The van der Waals surface area contributed by atoms with Crippen molar-refractivity contribution < 1.29 is 65.7 Å². The van der Waals surface area contributed by atoms with Crippen LogP contribution in [-0.4, -0.2) is 205 Å². The quantitative estimate of drug-likeness (QED) is 0.0722. The van der Waals surface area contributed by atoms with Gasteiger partial charge in [-0.25, -0.2) is 8.42 Å². The molecule has 1 aromatic rings. The van der Waals surface area contributed by atoms with Crippen molar-refractivity contribution in [1.82, 2.24) is 19.6 Å². The molecule has 0 aliphatic carbocycles. The Morgan fingerprint density at radius 3 is 1.96 bits per heavy atom. The fourth-order valence-electron chi connectivity index (χ4n) is 10.1. The number of hydrogen-bond acceptors (Lipinski definition) is 16. The summed E-state index contributed by atoms with van der Waals surface area (Å²) in [5.41, 5.74) is 0.362. The van der Waals surface area contributed by atoms with E-state index in [2.05, 4.69) is 5.32 Å². The highest BCUT2D eigenvalue weighted by molar-refractivity contribution is 8.00. The Kier molecular flexibility index (Phi) is 27.4. The summed E-state index contributed by atoms with van der Waals surface area (Å²) in [6, 6.07) is 4.22.